The van der Waals surface area contributed by atoms with E-state index < -0.39 is 12.1 Å². The number of ether oxygens (including phenoxy) is 1. The molecule has 0 saturated carbocycles. The molecule has 0 spiro atoms. The molecule has 0 unspecified atom stereocenters. The fourth-order valence-corrected chi connectivity index (χ4v) is 6.36. The second-order valence-electron chi connectivity index (χ2n) is 12.3. The third-order valence-electron chi connectivity index (χ3n) is 8.90. The van der Waals surface area contributed by atoms with Crippen LogP contribution in [-0.4, -0.2) is 58.6 Å². The number of nitrogens with one attached hydrogen (secondary N) is 2. The van der Waals surface area contributed by atoms with E-state index in [9.17, 15) is 19.2 Å². The lowest BCUT2D eigenvalue weighted by Gasteiger charge is -2.24. The standard InChI is InChI=1S/C39H40N4O5/c44-36(25-28-9-3-1-4-10-28)42-23-7-13-34(42)38(46)40-31-17-15-30(16-18-31)27-48-33-21-19-32(20-22-33)41-39(47)35-14-8-24-43(35)37(45)26-29-11-5-2-6-12-29/h1-6,9-12,15-22,34-35H,7-8,13-14,23-27H2,(H,40,46)(H,41,47)/t34-,35-/m0/s1. The number of benzene rings is 4. The average Bonchev–Trinajstić information content (AvgIpc) is 3.81. The minimum Gasteiger partial charge on any atom is -0.489 e. The Morgan fingerprint density at radius 3 is 1.46 bits per heavy atom. The van der Waals surface area contributed by atoms with Gasteiger partial charge in [0.1, 0.15) is 24.4 Å². The first-order chi connectivity index (χ1) is 23.4. The van der Waals surface area contributed by atoms with Crippen molar-refractivity contribution >= 4 is 35.0 Å². The van der Waals surface area contributed by atoms with Crippen molar-refractivity contribution in [2.24, 2.45) is 0 Å². The lowest BCUT2D eigenvalue weighted by atomic mass is 10.1. The first-order valence-corrected chi connectivity index (χ1v) is 16.5. The summed E-state index contributed by atoms with van der Waals surface area (Å²) in [6, 6.07) is 32.8. The van der Waals surface area contributed by atoms with Gasteiger partial charge in [0.25, 0.3) is 0 Å². The molecular formula is C39H40N4O5. The molecule has 2 N–H and O–H groups in total. The van der Waals surface area contributed by atoms with E-state index >= 15 is 0 Å². The first kappa shape index (κ1) is 32.5. The highest BCUT2D eigenvalue weighted by Gasteiger charge is 2.35. The van der Waals surface area contributed by atoms with Crippen LogP contribution < -0.4 is 15.4 Å². The molecule has 0 aliphatic carbocycles. The predicted octanol–water partition coefficient (Wildman–Crippen LogP) is 5.61. The van der Waals surface area contributed by atoms with Crippen molar-refractivity contribution in [3.63, 3.8) is 0 Å². The van der Waals surface area contributed by atoms with Gasteiger partial charge in [0.05, 0.1) is 12.8 Å². The third-order valence-corrected chi connectivity index (χ3v) is 8.90. The number of hydrogen-bond donors (Lipinski definition) is 2. The van der Waals surface area contributed by atoms with Gasteiger partial charge in [-0.25, -0.2) is 0 Å². The Labute approximate surface area is 280 Å². The maximum Gasteiger partial charge on any atom is 0.247 e. The van der Waals surface area contributed by atoms with E-state index in [4.69, 9.17) is 4.74 Å². The van der Waals surface area contributed by atoms with Crippen LogP contribution in [0.25, 0.3) is 0 Å². The van der Waals surface area contributed by atoms with Crippen LogP contribution in [0.5, 0.6) is 5.75 Å². The number of hydrogen-bond acceptors (Lipinski definition) is 5. The number of nitrogens with zero attached hydrogens (tertiary/aromatic N) is 2. The lowest BCUT2D eigenvalue weighted by Crippen LogP contribution is -2.43. The van der Waals surface area contributed by atoms with Crippen LogP contribution in [0.15, 0.2) is 109 Å². The van der Waals surface area contributed by atoms with Crippen LogP contribution in [0.4, 0.5) is 11.4 Å². The molecule has 0 radical (unpaired) electrons. The fourth-order valence-electron chi connectivity index (χ4n) is 6.36. The maximum absolute atomic E-state index is 13.1. The van der Waals surface area contributed by atoms with Crippen LogP contribution in [0, 0.1) is 0 Å². The van der Waals surface area contributed by atoms with E-state index in [0.29, 0.717) is 49.7 Å². The highest BCUT2D eigenvalue weighted by molar-refractivity contribution is 5.98. The van der Waals surface area contributed by atoms with Crippen molar-refractivity contribution in [1.29, 1.82) is 0 Å². The smallest absolute Gasteiger partial charge is 0.247 e. The summed E-state index contributed by atoms with van der Waals surface area (Å²) >= 11 is 0. The highest BCUT2D eigenvalue weighted by atomic mass is 16.5. The summed E-state index contributed by atoms with van der Waals surface area (Å²) in [6.07, 6.45) is 3.46. The van der Waals surface area contributed by atoms with Crippen LogP contribution >= 0.6 is 0 Å². The van der Waals surface area contributed by atoms with Gasteiger partial charge in [0, 0.05) is 24.5 Å². The molecule has 4 amide bonds. The fraction of sp³-hybridized carbons (Fsp3) is 0.282. The van der Waals surface area contributed by atoms with Crippen molar-refractivity contribution in [2.45, 2.75) is 57.2 Å². The van der Waals surface area contributed by atoms with E-state index in [0.717, 1.165) is 29.5 Å². The first-order valence-electron chi connectivity index (χ1n) is 16.5. The third kappa shape index (κ3) is 8.28. The second-order valence-corrected chi connectivity index (χ2v) is 12.3. The lowest BCUT2D eigenvalue weighted by molar-refractivity contribution is -0.136. The molecule has 0 bridgehead atoms. The Kier molecular flexibility index (Phi) is 10.4. The summed E-state index contributed by atoms with van der Waals surface area (Å²) in [5.74, 6) is 0.212. The van der Waals surface area contributed by atoms with Crippen molar-refractivity contribution in [1.82, 2.24) is 9.80 Å². The summed E-state index contributed by atoms with van der Waals surface area (Å²) in [7, 11) is 0. The zero-order chi connectivity index (χ0) is 33.3. The molecule has 2 fully saturated rings. The van der Waals surface area contributed by atoms with E-state index in [1.54, 1.807) is 34.1 Å². The Morgan fingerprint density at radius 1 is 0.562 bits per heavy atom. The number of anilines is 2. The Balaban J connectivity index is 0.956. The number of carbonyl (C=O) groups is 4. The second kappa shape index (κ2) is 15.4. The molecule has 246 valence electrons. The van der Waals surface area contributed by atoms with Gasteiger partial charge in [-0.05, 0) is 78.8 Å². The quantitative estimate of drug-likeness (QED) is 0.221. The normalized spacial score (nSPS) is 17.2. The molecular weight excluding hydrogens is 604 g/mol. The molecule has 48 heavy (non-hydrogen) atoms. The van der Waals surface area contributed by atoms with Crippen molar-refractivity contribution in [3.8, 4) is 5.75 Å². The summed E-state index contributed by atoms with van der Waals surface area (Å²) in [5.41, 5.74) is 4.10. The van der Waals surface area contributed by atoms with Crippen LogP contribution in [0.3, 0.4) is 0 Å². The van der Waals surface area contributed by atoms with E-state index in [-0.39, 0.29) is 36.5 Å². The SMILES string of the molecule is O=C(Nc1ccc(COc2ccc(NC(=O)[C@@H]3CCCN3C(=O)Cc3ccccc3)cc2)cc1)[C@@H]1CCCN1C(=O)Cc1ccccc1. The number of amides is 4. The van der Waals surface area contributed by atoms with Crippen LogP contribution in [0.2, 0.25) is 0 Å². The van der Waals surface area contributed by atoms with Crippen LogP contribution in [-0.2, 0) is 38.6 Å². The molecule has 2 aliphatic rings. The Bertz CT molecular complexity index is 1580. The molecule has 6 rings (SSSR count). The highest BCUT2D eigenvalue weighted by Crippen LogP contribution is 2.24. The van der Waals surface area contributed by atoms with Gasteiger partial charge >= 0.3 is 0 Å². The van der Waals surface area contributed by atoms with Gasteiger partial charge in [-0.3, -0.25) is 19.2 Å². The number of likely N-dealkylation sites (tertiary alicyclic amines) is 2. The molecule has 0 aromatic heterocycles. The van der Waals surface area contributed by atoms with Gasteiger partial charge in [-0.15, -0.1) is 0 Å². The molecule has 2 saturated heterocycles. The zero-order valence-corrected chi connectivity index (χ0v) is 26.8. The van der Waals surface area contributed by atoms with E-state index in [1.807, 2.05) is 84.9 Å². The monoisotopic (exact) mass is 644 g/mol. The average molecular weight is 645 g/mol. The summed E-state index contributed by atoms with van der Waals surface area (Å²) < 4.78 is 5.95. The summed E-state index contributed by atoms with van der Waals surface area (Å²) in [6.45, 7) is 1.49. The number of carbonyl (C=O) groups excluding carboxylic acids is 4. The largest absolute Gasteiger partial charge is 0.489 e. The molecule has 2 atom stereocenters. The van der Waals surface area contributed by atoms with Crippen molar-refractivity contribution in [3.05, 3.63) is 126 Å². The van der Waals surface area contributed by atoms with Gasteiger partial charge in [-0.2, -0.15) is 0 Å². The molecule has 9 heteroatoms. The van der Waals surface area contributed by atoms with Crippen molar-refractivity contribution in [2.75, 3.05) is 23.7 Å². The Morgan fingerprint density at radius 2 is 1.00 bits per heavy atom. The van der Waals surface area contributed by atoms with Gasteiger partial charge in [0.15, 0.2) is 0 Å². The molecule has 4 aromatic rings. The minimum atomic E-state index is -0.482. The van der Waals surface area contributed by atoms with Gasteiger partial charge in [-0.1, -0.05) is 72.8 Å². The summed E-state index contributed by atoms with van der Waals surface area (Å²) in [4.78, 5) is 55.4. The molecule has 2 heterocycles. The summed E-state index contributed by atoms with van der Waals surface area (Å²) in [5, 5.41) is 5.92. The van der Waals surface area contributed by atoms with E-state index in [1.165, 1.54) is 0 Å². The predicted molar refractivity (Wildman–Crippen MR) is 184 cm³/mol. The minimum absolute atomic E-state index is 0.0340. The number of rotatable bonds is 11. The molecule has 9 nitrogen and oxygen atoms in total. The maximum atomic E-state index is 13.1. The zero-order valence-electron chi connectivity index (χ0n) is 26.8. The molecule has 4 aromatic carbocycles. The Hall–Kier alpha value is -5.44. The van der Waals surface area contributed by atoms with E-state index in [2.05, 4.69) is 10.6 Å². The molecule has 2 aliphatic heterocycles. The van der Waals surface area contributed by atoms with Crippen LogP contribution in [0.1, 0.15) is 42.4 Å². The van der Waals surface area contributed by atoms with Gasteiger partial charge < -0.3 is 25.2 Å². The topological polar surface area (TPSA) is 108 Å². The van der Waals surface area contributed by atoms with Gasteiger partial charge in [0.2, 0.25) is 23.6 Å². The van der Waals surface area contributed by atoms with Crippen molar-refractivity contribution < 1.29 is 23.9 Å².